The van der Waals surface area contributed by atoms with Gasteiger partial charge in [0.1, 0.15) is 0 Å². The summed E-state index contributed by atoms with van der Waals surface area (Å²) in [5.74, 6) is 0. The molecule has 4 heteroatoms. The van der Waals surface area contributed by atoms with Crippen molar-refractivity contribution in [3.05, 3.63) is 35.9 Å². The third-order valence-electron chi connectivity index (χ3n) is 4.47. The molecule has 0 aliphatic carbocycles. The van der Waals surface area contributed by atoms with Gasteiger partial charge in [-0.05, 0) is 25.3 Å². The van der Waals surface area contributed by atoms with E-state index in [4.69, 9.17) is 0 Å². The topological polar surface area (TPSA) is 32.3 Å². The number of nitrogens with zero attached hydrogens (tertiary/aromatic N) is 1. The van der Waals surface area contributed by atoms with Crippen LogP contribution < -0.4 is 5.32 Å². The zero-order valence-corrected chi connectivity index (χ0v) is 14.2. The summed E-state index contributed by atoms with van der Waals surface area (Å²) in [5.41, 5.74) is 1.39. The van der Waals surface area contributed by atoms with E-state index < -0.39 is 10.8 Å². The van der Waals surface area contributed by atoms with Crippen molar-refractivity contribution in [2.24, 2.45) is 0 Å². The first-order valence-electron chi connectivity index (χ1n) is 7.93. The Kier molecular flexibility index (Phi) is 6.40. The summed E-state index contributed by atoms with van der Waals surface area (Å²) in [6.07, 6.45) is 4.03. The van der Waals surface area contributed by atoms with Crippen molar-refractivity contribution >= 4 is 10.8 Å². The van der Waals surface area contributed by atoms with Crippen molar-refractivity contribution in [2.45, 2.75) is 44.0 Å². The molecule has 0 radical (unpaired) electrons. The van der Waals surface area contributed by atoms with E-state index in [0.29, 0.717) is 12.1 Å². The average molecular weight is 308 g/mol. The molecule has 1 aliphatic rings. The normalized spacial score (nSPS) is 26.4. The number of hydrogen-bond acceptors (Lipinski definition) is 3. The first-order valence-corrected chi connectivity index (χ1v) is 9.55. The van der Waals surface area contributed by atoms with E-state index in [1.807, 2.05) is 6.26 Å². The highest BCUT2D eigenvalue weighted by Crippen LogP contribution is 2.15. The Morgan fingerprint density at radius 1 is 1.38 bits per heavy atom. The van der Waals surface area contributed by atoms with E-state index in [9.17, 15) is 4.21 Å². The van der Waals surface area contributed by atoms with E-state index >= 15 is 0 Å². The molecule has 1 aromatic rings. The maximum absolute atomic E-state index is 11.7. The standard InChI is InChI=1S/C17H28N2OS/c1-4-17-11-18-16(10-15-8-6-5-7-9-15)13-19(17)12-14(2)21(3)20/h5-9,14,16-18H,4,10-13H2,1-3H3. The fourth-order valence-electron chi connectivity index (χ4n) is 3.03. The van der Waals surface area contributed by atoms with Gasteiger partial charge >= 0.3 is 0 Å². The fourth-order valence-corrected chi connectivity index (χ4v) is 3.43. The molecule has 2 rings (SSSR count). The van der Waals surface area contributed by atoms with E-state index in [1.165, 1.54) is 5.56 Å². The summed E-state index contributed by atoms with van der Waals surface area (Å²) in [5, 5.41) is 3.93. The van der Waals surface area contributed by atoms with Gasteiger partial charge in [0.15, 0.2) is 0 Å². The summed E-state index contributed by atoms with van der Waals surface area (Å²) in [7, 11) is -0.740. The Hall–Kier alpha value is -0.710. The lowest BCUT2D eigenvalue weighted by atomic mass is 10.0. The summed E-state index contributed by atoms with van der Waals surface area (Å²) in [6, 6.07) is 11.7. The van der Waals surface area contributed by atoms with Crippen LogP contribution >= 0.6 is 0 Å². The minimum absolute atomic E-state index is 0.245. The molecule has 1 heterocycles. The maximum atomic E-state index is 11.7. The van der Waals surface area contributed by atoms with E-state index in [2.05, 4.69) is 54.4 Å². The van der Waals surface area contributed by atoms with Crippen LogP contribution in [0.15, 0.2) is 30.3 Å². The SMILES string of the molecule is CCC1CNC(Cc2ccccc2)CN1CC(C)S(C)=O. The second-order valence-corrected chi connectivity index (χ2v) is 7.92. The molecule has 1 fully saturated rings. The number of benzene rings is 1. The third-order valence-corrected chi connectivity index (χ3v) is 5.75. The van der Waals surface area contributed by atoms with Crippen LogP contribution in [0.4, 0.5) is 0 Å². The second kappa shape index (κ2) is 8.06. The molecule has 0 bridgehead atoms. The molecule has 118 valence electrons. The molecule has 21 heavy (non-hydrogen) atoms. The molecule has 4 unspecified atom stereocenters. The van der Waals surface area contributed by atoms with Crippen molar-refractivity contribution in [3.63, 3.8) is 0 Å². The van der Waals surface area contributed by atoms with Gasteiger partial charge in [-0.2, -0.15) is 0 Å². The highest BCUT2D eigenvalue weighted by Gasteiger charge is 2.28. The quantitative estimate of drug-likeness (QED) is 0.873. The van der Waals surface area contributed by atoms with E-state index in [1.54, 1.807) is 0 Å². The lowest BCUT2D eigenvalue weighted by Crippen LogP contribution is -2.58. The Labute approximate surface area is 131 Å². The number of nitrogens with one attached hydrogen (secondary N) is 1. The maximum Gasteiger partial charge on any atom is 0.0444 e. The van der Waals surface area contributed by atoms with Crippen molar-refractivity contribution in [2.75, 3.05) is 25.9 Å². The molecule has 1 aromatic carbocycles. The van der Waals surface area contributed by atoms with Crippen LogP contribution in [0, 0.1) is 0 Å². The number of piperazine rings is 1. The van der Waals surface area contributed by atoms with Crippen molar-refractivity contribution in [1.82, 2.24) is 10.2 Å². The summed E-state index contributed by atoms with van der Waals surface area (Å²) < 4.78 is 11.7. The number of rotatable bonds is 6. The Balaban J connectivity index is 1.96. The monoisotopic (exact) mass is 308 g/mol. The highest BCUT2D eigenvalue weighted by molar-refractivity contribution is 7.84. The number of hydrogen-bond donors (Lipinski definition) is 1. The molecule has 0 spiro atoms. The van der Waals surface area contributed by atoms with Gasteiger partial charge in [-0.1, -0.05) is 37.3 Å². The zero-order chi connectivity index (χ0) is 15.2. The lowest BCUT2D eigenvalue weighted by Gasteiger charge is -2.41. The van der Waals surface area contributed by atoms with Gasteiger partial charge in [-0.15, -0.1) is 0 Å². The minimum atomic E-state index is -0.740. The summed E-state index contributed by atoms with van der Waals surface area (Å²) in [4.78, 5) is 2.54. The molecule has 0 saturated carbocycles. The minimum Gasteiger partial charge on any atom is -0.311 e. The van der Waals surface area contributed by atoms with Gasteiger partial charge in [-0.25, -0.2) is 0 Å². The summed E-state index contributed by atoms with van der Waals surface area (Å²) >= 11 is 0. The van der Waals surface area contributed by atoms with Crippen molar-refractivity contribution < 1.29 is 4.21 Å². The Bertz CT molecular complexity index is 451. The van der Waals surface area contributed by atoms with E-state index in [0.717, 1.165) is 32.5 Å². The molecule has 0 amide bonds. The van der Waals surface area contributed by atoms with Crippen LogP contribution in [0.5, 0.6) is 0 Å². The highest BCUT2D eigenvalue weighted by atomic mass is 32.2. The van der Waals surface area contributed by atoms with Gasteiger partial charge in [0, 0.05) is 54.0 Å². The molecule has 1 N–H and O–H groups in total. The molecular formula is C17H28N2OS. The van der Waals surface area contributed by atoms with Crippen LogP contribution in [-0.2, 0) is 17.2 Å². The zero-order valence-electron chi connectivity index (χ0n) is 13.4. The van der Waals surface area contributed by atoms with Crippen molar-refractivity contribution in [1.29, 1.82) is 0 Å². The first kappa shape index (κ1) is 16.7. The van der Waals surface area contributed by atoms with Crippen LogP contribution in [0.2, 0.25) is 0 Å². The van der Waals surface area contributed by atoms with Crippen LogP contribution in [0.1, 0.15) is 25.8 Å². The van der Waals surface area contributed by atoms with Crippen LogP contribution in [0.25, 0.3) is 0 Å². The van der Waals surface area contributed by atoms with Gasteiger partial charge < -0.3 is 5.32 Å². The second-order valence-electron chi connectivity index (χ2n) is 6.12. The largest absolute Gasteiger partial charge is 0.311 e. The van der Waals surface area contributed by atoms with Crippen molar-refractivity contribution in [3.8, 4) is 0 Å². The van der Waals surface area contributed by atoms with Gasteiger partial charge in [0.2, 0.25) is 0 Å². The molecule has 0 aromatic heterocycles. The molecule has 1 aliphatic heterocycles. The predicted molar refractivity (Wildman–Crippen MR) is 91.1 cm³/mol. The molecule has 4 atom stereocenters. The van der Waals surface area contributed by atoms with Gasteiger partial charge in [-0.3, -0.25) is 9.11 Å². The lowest BCUT2D eigenvalue weighted by molar-refractivity contribution is 0.128. The molecule has 1 saturated heterocycles. The van der Waals surface area contributed by atoms with Gasteiger partial charge in [0.25, 0.3) is 0 Å². The smallest absolute Gasteiger partial charge is 0.0444 e. The average Bonchev–Trinajstić information content (AvgIpc) is 2.48. The Morgan fingerprint density at radius 2 is 2.10 bits per heavy atom. The van der Waals surface area contributed by atoms with Crippen LogP contribution in [0.3, 0.4) is 0 Å². The van der Waals surface area contributed by atoms with Gasteiger partial charge in [0.05, 0.1) is 0 Å². The first-order chi connectivity index (χ1) is 10.1. The third kappa shape index (κ3) is 4.90. The van der Waals surface area contributed by atoms with Crippen LogP contribution in [-0.4, -0.2) is 52.3 Å². The Morgan fingerprint density at radius 3 is 2.71 bits per heavy atom. The fraction of sp³-hybridized carbons (Fsp3) is 0.647. The molecular weight excluding hydrogens is 280 g/mol. The summed E-state index contributed by atoms with van der Waals surface area (Å²) in [6.45, 7) is 7.36. The molecule has 3 nitrogen and oxygen atoms in total. The van der Waals surface area contributed by atoms with E-state index in [-0.39, 0.29) is 5.25 Å². The predicted octanol–water partition coefficient (Wildman–Crippen LogP) is 2.05.